The zero-order valence-corrected chi connectivity index (χ0v) is 14.2. The number of carbonyl (C=O) groups is 2. The summed E-state index contributed by atoms with van der Waals surface area (Å²) in [5, 5.41) is 2.67. The molecule has 0 saturated heterocycles. The molecule has 0 saturated carbocycles. The van der Waals surface area contributed by atoms with Crippen molar-refractivity contribution in [1.29, 1.82) is 0 Å². The maximum atomic E-state index is 12.2. The van der Waals surface area contributed by atoms with Crippen molar-refractivity contribution in [2.45, 2.75) is 18.9 Å². The molecule has 1 aromatic rings. The third-order valence-corrected chi connectivity index (χ3v) is 3.49. The number of nitrogens with one attached hydrogen (secondary N) is 1. The molecular weight excluding hydrogens is 390 g/mol. The minimum Gasteiger partial charge on any atom is -0.467 e. The molecule has 0 fully saturated rings. The highest BCUT2D eigenvalue weighted by atomic mass is 79.9. The number of hydrogen-bond acceptors (Lipinski definition) is 3. The summed E-state index contributed by atoms with van der Waals surface area (Å²) in [6.45, 7) is 3.60. The number of benzene rings is 1. The molecule has 4 nitrogen and oxygen atoms in total. The fourth-order valence-corrected chi connectivity index (χ4v) is 2.90. The van der Waals surface area contributed by atoms with E-state index in [4.69, 9.17) is 0 Å². The second-order valence-corrected chi connectivity index (χ2v) is 5.90. The van der Waals surface area contributed by atoms with Crippen LogP contribution in [0.3, 0.4) is 0 Å². The van der Waals surface area contributed by atoms with Gasteiger partial charge in [0.2, 0.25) is 0 Å². The van der Waals surface area contributed by atoms with Crippen LogP contribution in [0.5, 0.6) is 0 Å². The first-order valence-corrected chi connectivity index (χ1v) is 7.52. The largest absolute Gasteiger partial charge is 0.467 e. The predicted molar refractivity (Wildman–Crippen MR) is 84.5 cm³/mol. The number of rotatable bonds is 6. The molecule has 0 spiro atoms. The summed E-state index contributed by atoms with van der Waals surface area (Å²) in [5.41, 5.74) is 0.457. The van der Waals surface area contributed by atoms with Crippen LogP contribution in [-0.4, -0.2) is 25.0 Å². The Bertz CT molecular complexity index is 497. The Labute approximate surface area is 134 Å². The van der Waals surface area contributed by atoms with Crippen LogP contribution in [0.25, 0.3) is 0 Å². The van der Waals surface area contributed by atoms with E-state index in [0.29, 0.717) is 18.4 Å². The maximum Gasteiger partial charge on any atom is 0.328 e. The lowest BCUT2D eigenvalue weighted by molar-refractivity contribution is -0.143. The molecule has 1 aromatic carbocycles. The van der Waals surface area contributed by atoms with Crippen molar-refractivity contribution in [3.63, 3.8) is 0 Å². The minimum atomic E-state index is -0.678. The zero-order chi connectivity index (χ0) is 15.1. The van der Waals surface area contributed by atoms with Gasteiger partial charge in [-0.25, -0.2) is 4.79 Å². The van der Waals surface area contributed by atoms with Gasteiger partial charge in [-0.1, -0.05) is 37.9 Å². The normalized spacial score (nSPS) is 11.6. The van der Waals surface area contributed by atoms with Crippen LogP contribution in [0.2, 0.25) is 0 Å². The summed E-state index contributed by atoms with van der Waals surface area (Å²) in [6, 6.07) is 4.51. The highest BCUT2D eigenvalue weighted by molar-refractivity contribution is 9.11. The van der Waals surface area contributed by atoms with Crippen molar-refractivity contribution in [2.75, 3.05) is 7.11 Å². The lowest BCUT2D eigenvalue weighted by Gasteiger charge is -2.16. The van der Waals surface area contributed by atoms with Crippen LogP contribution in [0, 0.1) is 0 Å². The third kappa shape index (κ3) is 5.09. The summed E-state index contributed by atoms with van der Waals surface area (Å²) < 4.78 is 6.24. The second-order valence-electron chi connectivity index (χ2n) is 4.07. The molecule has 0 aliphatic heterocycles. The minimum absolute atomic E-state index is 0.327. The molecule has 1 amide bonds. The van der Waals surface area contributed by atoms with Gasteiger partial charge in [0.05, 0.1) is 7.11 Å². The monoisotopic (exact) mass is 403 g/mol. The summed E-state index contributed by atoms with van der Waals surface area (Å²) >= 11 is 6.63. The van der Waals surface area contributed by atoms with Crippen molar-refractivity contribution < 1.29 is 14.3 Å². The molecule has 20 heavy (non-hydrogen) atoms. The first-order chi connectivity index (χ1) is 9.47. The standard InChI is InChI=1S/C14H15Br2NO3/c1-3-4-5-12(14(19)20-2)17-13(18)9-6-10(15)8-11(16)7-9/h3,6-8,12H,1,4-5H2,2H3,(H,17,18)/t12-/m0/s1. The predicted octanol–water partition coefficient (Wildman–Crippen LogP) is 3.45. The van der Waals surface area contributed by atoms with Crippen molar-refractivity contribution in [3.8, 4) is 0 Å². The molecule has 0 aliphatic carbocycles. The number of allylic oxidation sites excluding steroid dienone is 1. The smallest absolute Gasteiger partial charge is 0.328 e. The van der Waals surface area contributed by atoms with Gasteiger partial charge in [-0.3, -0.25) is 4.79 Å². The lowest BCUT2D eigenvalue weighted by atomic mass is 10.1. The Morgan fingerprint density at radius 1 is 1.35 bits per heavy atom. The van der Waals surface area contributed by atoms with Crippen molar-refractivity contribution in [1.82, 2.24) is 5.32 Å². The van der Waals surface area contributed by atoms with Crippen LogP contribution in [0.1, 0.15) is 23.2 Å². The molecule has 1 atom stereocenters. The van der Waals surface area contributed by atoms with Crippen molar-refractivity contribution in [3.05, 3.63) is 45.4 Å². The van der Waals surface area contributed by atoms with Crippen molar-refractivity contribution in [2.24, 2.45) is 0 Å². The lowest BCUT2D eigenvalue weighted by Crippen LogP contribution is -2.41. The van der Waals surface area contributed by atoms with Crippen LogP contribution in [0.4, 0.5) is 0 Å². The van der Waals surface area contributed by atoms with Gasteiger partial charge in [-0.15, -0.1) is 6.58 Å². The van der Waals surface area contributed by atoms with E-state index in [1.807, 2.05) is 6.07 Å². The van der Waals surface area contributed by atoms with Gasteiger partial charge >= 0.3 is 5.97 Å². The third-order valence-electron chi connectivity index (χ3n) is 2.58. The van der Waals surface area contributed by atoms with Gasteiger partial charge in [0.25, 0.3) is 5.91 Å². The van der Waals surface area contributed by atoms with E-state index < -0.39 is 12.0 Å². The van der Waals surface area contributed by atoms with Gasteiger partial charge in [0, 0.05) is 14.5 Å². The van der Waals surface area contributed by atoms with Crippen LogP contribution < -0.4 is 5.32 Å². The summed E-state index contributed by atoms with van der Waals surface area (Å²) in [7, 11) is 1.30. The zero-order valence-electron chi connectivity index (χ0n) is 11.0. The number of hydrogen-bond donors (Lipinski definition) is 1. The first-order valence-electron chi connectivity index (χ1n) is 5.93. The molecule has 0 unspecified atom stereocenters. The molecular formula is C14H15Br2NO3. The summed E-state index contributed by atoms with van der Waals surface area (Å²) in [6.07, 6.45) is 2.76. The van der Waals surface area contributed by atoms with E-state index in [1.165, 1.54) is 7.11 Å². The summed E-state index contributed by atoms with van der Waals surface area (Å²) in [5.74, 6) is -0.791. The second kappa shape index (κ2) is 8.21. The number of ether oxygens (including phenoxy) is 1. The van der Waals surface area contributed by atoms with Gasteiger partial charge in [0.1, 0.15) is 6.04 Å². The highest BCUT2D eigenvalue weighted by Gasteiger charge is 2.21. The molecule has 1 rings (SSSR count). The van der Waals surface area contributed by atoms with Gasteiger partial charge in [-0.05, 0) is 31.0 Å². The van der Waals surface area contributed by atoms with E-state index in [0.717, 1.165) is 8.95 Å². The molecule has 0 bridgehead atoms. The average molecular weight is 405 g/mol. The Hall–Kier alpha value is -1.14. The number of methoxy groups -OCH3 is 1. The number of halogens is 2. The van der Waals surface area contributed by atoms with Crippen molar-refractivity contribution >= 4 is 43.7 Å². The molecule has 0 heterocycles. The van der Waals surface area contributed by atoms with Gasteiger partial charge in [-0.2, -0.15) is 0 Å². The average Bonchev–Trinajstić information content (AvgIpc) is 2.41. The Kier molecular flexibility index (Phi) is 6.95. The number of esters is 1. The maximum absolute atomic E-state index is 12.2. The molecule has 1 N–H and O–H groups in total. The fraction of sp³-hybridized carbons (Fsp3) is 0.286. The summed E-state index contributed by atoms with van der Waals surface area (Å²) in [4.78, 5) is 23.8. The number of amides is 1. The highest BCUT2D eigenvalue weighted by Crippen LogP contribution is 2.20. The van der Waals surface area contributed by atoms with E-state index >= 15 is 0 Å². The van der Waals surface area contributed by atoms with Crippen LogP contribution in [-0.2, 0) is 9.53 Å². The fourth-order valence-electron chi connectivity index (χ4n) is 1.60. The molecule has 0 aromatic heterocycles. The SMILES string of the molecule is C=CCC[C@H](NC(=O)c1cc(Br)cc(Br)c1)C(=O)OC. The van der Waals surface area contributed by atoms with E-state index in [1.54, 1.807) is 18.2 Å². The van der Waals surface area contributed by atoms with E-state index in [-0.39, 0.29) is 5.91 Å². The van der Waals surface area contributed by atoms with Gasteiger partial charge in [0.15, 0.2) is 0 Å². The Morgan fingerprint density at radius 2 is 1.95 bits per heavy atom. The molecule has 108 valence electrons. The van der Waals surface area contributed by atoms with E-state index in [2.05, 4.69) is 48.5 Å². The molecule has 0 radical (unpaired) electrons. The Balaban J connectivity index is 2.83. The Morgan fingerprint density at radius 3 is 2.45 bits per heavy atom. The molecule has 0 aliphatic rings. The quantitative estimate of drug-likeness (QED) is 0.583. The van der Waals surface area contributed by atoms with E-state index in [9.17, 15) is 9.59 Å². The van der Waals surface area contributed by atoms with Gasteiger partial charge < -0.3 is 10.1 Å². The topological polar surface area (TPSA) is 55.4 Å². The van der Waals surface area contributed by atoms with Crippen LogP contribution in [0.15, 0.2) is 39.8 Å². The first kappa shape index (κ1) is 16.9. The van der Waals surface area contributed by atoms with Crippen LogP contribution >= 0.6 is 31.9 Å². The molecule has 6 heteroatoms. The number of carbonyl (C=O) groups excluding carboxylic acids is 2.